The number of carbonyl (C=O) groups excluding carboxylic acids is 3. The van der Waals surface area contributed by atoms with E-state index in [1.54, 1.807) is 16.9 Å². The zero-order chi connectivity index (χ0) is 23.9. The van der Waals surface area contributed by atoms with Crippen LogP contribution in [0.5, 0.6) is 5.75 Å². The number of hydrogen-bond donors (Lipinski definition) is 0. The van der Waals surface area contributed by atoms with Crippen molar-refractivity contribution in [2.24, 2.45) is 5.10 Å². The summed E-state index contributed by atoms with van der Waals surface area (Å²) in [7, 11) is 1.60. The van der Waals surface area contributed by atoms with E-state index in [2.05, 4.69) is 5.10 Å². The first-order chi connectivity index (χ1) is 16.5. The normalized spacial score (nSPS) is 15.8. The molecular weight excluding hydrogens is 432 g/mol. The second-order valence-corrected chi connectivity index (χ2v) is 8.47. The maximum Gasteiger partial charge on any atom is 0.243 e. The van der Waals surface area contributed by atoms with Crippen LogP contribution in [0.3, 0.4) is 0 Å². The van der Waals surface area contributed by atoms with Gasteiger partial charge < -0.3 is 14.5 Å². The summed E-state index contributed by atoms with van der Waals surface area (Å²) in [5, 5.41) is 5.92. The molecule has 2 aromatic rings. The smallest absolute Gasteiger partial charge is 0.243 e. The molecule has 4 rings (SSSR count). The van der Waals surface area contributed by atoms with Crippen molar-refractivity contribution < 1.29 is 19.1 Å². The van der Waals surface area contributed by atoms with Gasteiger partial charge in [-0.25, -0.2) is 5.01 Å². The van der Waals surface area contributed by atoms with Crippen LogP contribution < -0.4 is 4.74 Å². The van der Waals surface area contributed by atoms with E-state index in [-0.39, 0.29) is 30.6 Å². The highest BCUT2D eigenvalue weighted by Crippen LogP contribution is 2.17. The predicted octanol–water partition coefficient (Wildman–Crippen LogP) is 2.33. The Hall–Kier alpha value is -3.68. The lowest BCUT2D eigenvalue weighted by atomic mass is 10.1. The molecule has 178 valence electrons. The number of hydrazone groups is 1. The SMILES string of the molecule is COc1cccc(CC(=O)N2CCN(C(=O)CCC(=O)N3CCC(c4ccccc4)=N3)CC2)c1. The summed E-state index contributed by atoms with van der Waals surface area (Å²) in [5.74, 6) is 0.578. The third kappa shape index (κ3) is 5.81. The number of piperazine rings is 1. The molecule has 0 unspecified atom stereocenters. The summed E-state index contributed by atoms with van der Waals surface area (Å²) in [4.78, 5) is 41.4. The highest BCUT2D eigenvalue weighted by Gasteiger charge is 2.26. The second kappa shape index (κ2) is 11.0. The fraction of sp³-hybridized carbons (Fsp3) is 0.385. The van der Waals surface area contributed by atoms with Crippen molar-refractivity contribution in [2.75, 3.05) is 39.8 Å². The van der Waals surface area contributed by atoms with Crippen molar-refractivity contribution in [2.45, 2.75) is 25.7 Å². The molecule has 34 heavy (non-hydrogen) atoms. The van der Waals surface area contributed by atoms with Crippen molar-refractivity contribution in [3.63, 3.8) is 0 Å². The quantitative estimate of drug-likeness (QED) is 0.632. The number of nitrogens with zero attached hydrogens (tertiary/aromatic N) is 4. The van der Waals surface area contributed by atoms with E-state index in [1.165, 1.54) is 5.01 Å². The van der Waals surface area contributed by atoms with Crippen molar-refractivity contribution >= 4 is 23.4 Å². The third-order valence-electron chi connectivity index (χ3n) is 6.22. The Morgan fingerprint density at radius 2 is 1.50 bits per heavy atom. The van der Waals surface area contributed by atoms with Crippen LogP contribution in [0.4, 0.5) is 0 Å². The fourth-order valence-electron chi connectivity index (χ4n) is 4.25. The average Bonchev–Trinajstić information content (AvgIpc) is 3.38. The molecule has 0 N–H and O–H groups in total. The monoisotopic (exact) mass is 462 g/mol. The van der Waals surface area contributed by atoms with E-state index in [0.29, 0.717) is 39.1 Å². The highest BCUT2D eigenvalue weighted by atomic mass is 16.5. The van der Waals surface area contributed by atoms with E-state index < -0.39 is 0 Å². The van der Waals surface area contributed by atoms with Crippen LogP contribution in [0, 0.1) is 0 Å². The lowest BCUT2D eigenvalue weighted by Crippen LogP contribution is -2.51. The number of rotatable bonds is 7. The minimum Gasteiger partial charge on any atom is -0.497 e. The summed E-state index contributed by atoms with van der Waals surface area (Å²) >= 11 is 0. The van der Waals surface area contributed by atoms with Crippen LogP contribution >= 0.6 is 0 Å². The van der Waals surface area contributed by atoms with Crippen molar-refractivity contribution in [3.05, 3.63) is 65.7 Å². The van der Waals surface area contributed by atoms with Crippen LogP contribution in [-0.4, -0.2) is 78.1 Å². The molecule has 1 fully saturated rings. The first-order valence-corrected chi connectivity index (χ1v) is 11.7. The van der Waals surface area contributed by atoms with Gasteiger partial charge in [0.1, 0.15) is 5.75 Å². The molecule has 0 saturated carbocycles. The van der Waals surface area contributed by atoms with Gasteiger partial charge in [-0.1, -0.05) is 42.5 Å². The van der Waals surface area contributed by atoms with Crippen molar-refractivity contribution in [1.82, 2.24) is 14.8 Å². The first kappa shape index (κ1) is 23.5. The molecule has 2 aliphatic heterocycles. The maximum absolute atomic E-state index is 12.7. The Kier molecular flexibility index (Phi) is 7.57. The standard InChI is InChI=1S/C26H30N4O4/c1-34-22-9-5-6-20(18-22)19-26(33)29-16-14-28(15-17-29)24(31)10-11-25(32)30-13-12-23(27-30)21-7-3-2-4-8-21/h2-9,18H,10-17,19H2,1H3. The number of ether oxygens (including phenoxy) is 1. The number of amides is 3. The molecule has 0 aliphatic carbocycles. The molecule has 0 spiro atoms. The molecule has 0 radical (unpaired) electrons. The van der Waals surface area contributed by atoms with Gasteiger partial charge in [0.15, 0.2) is 0 Å². The van der Waals surface area contributed by atoms with Crippen molar-refractivity contribution in [3.8, 4) is 5.75 Å². The minimum absolute atomic E-state index is 0.0386. The van der Waals surface area contributed by atoms with Crippen molar-refractivity contribution in [1.29, 1.82) is 0 Å². The Morgan fingerprint density at radius 1 is 0.824 bits per heavy atom. The van der Waals surface area contributed by atoms with Gasteiger partial charge in [-0.15, -0.1) is 0 Å². The summed E-state index contributed by atoms with van der Waals surface area (Å²) < 4.78 is 5.22. The average molecular weight is 463 g/mol. The zero-order valence-corrected chi connectivity index (χ0v) is 19.5. The number of carbonyl (C=O) groups is 3. The van der Waals surface area contributed by atoms with E-state index in [9.17, 15) is 14.4 Å². The summed E-state index contributed by atoms with van der Waals surface area (Å²) in [5.41, 5.74) is 2.82. The Labute approximate surface area is 199 Å². The van der Waals surface area contributed by atoms with Crippen LogP contribution in [0.1, 0.15) is 30.4 Å². The highest BCUT2D eigenvalue weighted by molar-refractivity contribution is 6.02. The lowest BCUT2D eigenvalue weighted by Gasteiger charge is -2.35. The second-order valence-electron chi connectivity index (χ2n) is 8.47. The van der Waals surface area contributed by atoms with Gasteiger partial charge >= 0.3 is 0 Å². The predicted molar refractivity (Wildman–Crippen MR) is 128 cm³/mol. The summed E-state index contributed by atoms with van der Waals surface area (Å²) in [6, 6.07) is 17.3. The maximum atomic E-state index is 12.7. The largest absolute Gasteiger partial charge is 0.497 e. The third-order valence-corrected chi connectivity index (χ3v) is 6.22. The Morgan fingerprint density at radius 3 is 2.21 bits per heavy atom. The number of methoxy groups -OCH3 is 1. The van der Waals surface area contributed by atoms with Gasteiger partial charge in [0.25, 0.3) is 0 Å². The first-order valence-electron chi connectivity index (χ1n) is 11.7. The van der Waals surface area contributed by atoms with E-state index in [1.807, 2.05) is 54.6 Å². The molecule has 3 amide bonds. The minimum atomic E-state index is -0.133. The molecule has 1 saturated heterocycles. The molecule has 2 aliphatic rings. The Bertz CT molecular complexity index is 1060. The summed E-state index contributed by atoms with van der Waals surface area (Å²) in [6.07, 6.45) is 1.32. The molecular formula is C26H30N4O4. The van der Waals surface area contributed by atoms with E-state index in [0.717, 1.165) is 29.0 Å². The van der Waals surface area contributed by atoms with Gasteiger partial charge in [0.05, 0.1) is 25.8 Å². The zero-order valence-electron chi connectivity index (χ0n) is 19.5. The lowest BCUT2D eigenvalue weighted by molar-refractivity contribution is -0.140. The Balaban J connectivity index is 1.20. The molecule has 8 heteroatoms. The molecule has 2 aromatic carbocycles. The van der Waals surface area contributed by atoms with Crippen LogP contribution in [0.25, 0.3) is 0 Å². The van der Waals surface area contributed by atoms with E-state index in [4.69, 9.17) is 4.74 Å². The fourth-order valence-corrected chi connectivity index (χ4v) is 4.25. The summed E-state index contributed by atoms with van der Waals surface area (Å²) in [6.45, 7) is 2.51. The molecule has 0 atom stereocenters. The number of hydrogen-bond acceptors (Lipinski definition) is 5. The van der Waals surface area contributed by atoms with Gasteiger partial charge in [0, 0.05) is 45.4 Å². The number of benzene rings is 2. The molecule has 8 nitrogen and oxygen atoms in total. The van der Waals surface area contributed by atoms with E-state index >= 15 is 0 Å². The molecule has 0 aromatic heterocycles. The van der Waals surface area contributed by atoms with Crippen LogP contribution in [0.15, 0.2) is 59.7 Å². The molecule has 0 bridgehead atoms. The van der Waals surface area contributed by atoms with Crippen LogP contribution in [0.2, 0.25) is 0 Å². The van der Waals surface area contributed by atoms with Gasteiger partial charge in [0.2, 0.25) is 17.7 Å². The van der Waals surface area contributed by atoms with Gasteiger partial charge in [-0.3, -0.25) is 14.4 Å². The van der Waals surface area contributed by atoms with Crippen LogP contribution in [-0.2, 0) is 20.8 Å². The van der Waals surface area contributed by atoms with Gasteiger partial charge in [-0.05, 0) is 23.3 Å². The molecule has 2 heterocycles. The van der Waals surface area contributed by atoms with Gasteiger partial charge in [-0.2, -0.15) is 5.10 Å². The topological polar surface area (TPSA) is 82.5 Å².